The molecule has 1 amide bonds. The summed E-state index contributed by atoms with van der Waals surface area (Å²) < 4.78 is 32.5. The Balaban J connectivity index is 1.38. The summed E-state index contributed by atoms with van der Waals surface area (Å²) in [5, 5.41) is 2.81. The Hall–Kier alpha value is -3.53. The second-order valence-electron chi connectivity index (χ2n) is 8.91. The molecule has 37 heavy (non-hydrogen) atoms. The number of hydrogen-bond donors (Lipinski definition) is 1. The Morgan fingerprint density at radius 1 is 0.919 bits per heavy atom. The normalized spacial score (nSPS) is 14.8. The molecule has 0 aliphatic carbocycles. The lowest BCUT2D eigenvalue weighted by atomic mass is 10.1. The largest absolute Gasteiger partial charge is 0.462 e. The molecule has 0 saturated carbocycles. The average Bonchev–Trinajstić information content (AvgIpc) is 2.90. The Morgan fingerprint density at radius 3 is 2.32 bits per heavy atom. The van der Waals surface area contributed by atoms with Gasteiger partial charge in [0.05, 0.1) is 22.8 Å². The molecule has 194 valence electrons. The van der Waals surface area contributed by atoms with Gasteiger partial charge in [-0.25, -0.2) is 13.2 Å². The minimum absolute atomic E-state index is 0.245. The number of anilines is 1. The maximum absolute atomic E-state index is 13.0. The molecule has 0 radical (unpaired) electrons. The first-order chi connectivity index (χ1) is 17.8. The number of amides is 1. The predicted molar refractivity (Wildman–Crippen MR) is 142 cm³/mol. The van der Waals surface area contributed by atoms with Crippen LogP contribution < -0.4 is 5.32 Å². The summed E-state index contributed by atoms with van der Waals surface area (Å²) >= 11 is 0. The fourth-order valence-corrected chi connectivity index (χ4v) is 5.65. The molecule has 1 N–H and O–H groups in total. The fourth-order valence-electron chi connectivity index (χ4n) is 4.23. The molecule has 4 rings (SSSR count). The highest BCUT2D eigenvalue weighted by molar-refractivity contribution is 7.89. The zero-order valence-corrected chi connectivity index (χ0v) is 21.8. The van der Waals surface area contributed by atoms with Crippen LogP contribution in [0.4, 0.5) is 5.69 Å². The Labute approximate surface area is 217 Å². The van der Waals surface area contributed by atoms with Crippen molar-refractivity contribution in [1.29, 1.82) is 0 Å². The van der Waals surface area contributed by atoms with Crippen molar-refractivity contribution in [2.45, 2.75) is 25.3 Å². The molecule has 3 aromatic carbocycles. The first-order valence-electron chi connectivity index (χ1n) is 12.2. The molecule has 9 heteroatoms. The second kappa shape index (κ2) is 11.7. The number of piperazine rings is 1. The van der Waals surface area contributed by atoms with Gasteiger partial charge in [0.15, 0.2) is 0 Å². The monoisotopic (exact) mass is 521 g/mol. The van der Waals surface area contributed by atoms with E-state index in [9.17, 15) is 18.0 Å². The van der Waals surface area contributed by atoms with E-state index in [0.717, 1.165) is 11.1 Å². The maximum atomic E-state index is 13.0. The van der Waals surface area contributed by atoms with Crippen molar-refractivity contribution < 1.29 is 22.7 Å². The molecule has 1 aliphatic rings. The van der Waals surface area contributed by atoms with Crippen molar-refractivity contribution in [3.8, 4) is 0 Å². The van der Waals surface area contributed by atoms with E-state index in [1.165, 1.54) is 4.31 Å². The highest BCUT2D eigenvalue weighted by Crippen LogP contribution is 2.21. The standard InChI is InChI=1S/C28H31N3O5S/c1-3-36-28(33)25-9-4-5-10-26(25)29-27(32)23-8-6-7-22(19-23)20-30-15-17-31(18-16-30)37(34,35)24-13-11-21(2)12-14-24/h4-14,19H,3,15-18,20H2,1-2H3,(H,29,32). The van der Waals surface area contributed by atoms with Gasteiger partial charge in [-0.05, 0) is 55.8 Å². The van der Waals surface area contributed by atoms with E-state index in [4.69, 9.17) is 4.74 Å². The van der Waals surface area contributed by atoms with Gasteiger partial charge in [0.2, 0.25) is 10.0 Å². The number of rotatable bonds is 8. The van der Waals surface area contributed by atoms with Crippen molar-refractivity contribution in [1.82, 2.24) is 9.21 Å². The fraction of sp³-hybridized carbons (Fsp3) is 0.286. The van der Waals surface area contributed by atoms with E-state index in [0.29, 0.717) is 54.4 Å². The smallest absolute Gasteiger partial charge is 0.340 e. The van der Waals surface area contributed by atoms with E-state index in [-0.39, 0.29) is 12.5 Å². The quantitative estimate of drug-likeness (QED) is 0.452. The van der Waals surface area contributed by atoms with Crippen LogP contribution in [-0.2, 0) is 21.3 Å². The van der Waals surface area contributed by atoms with Crippen LogP contribution in [0.25, 0.3) is 0 Å². The SMILES string of the molecule is CCOC(=O)c1ccccc1NC(=O)c1cccc(CN2CCN(S(=O)(=O)c3ccc(C)cc3)CC2)c1. The zero-order valence-electron chi connectivity index (χ0n) is 21.0. The van der Waals surface area contributed by atoms with Crippen LogP contribution in [0, 0.1) is 6.92 Å². The Morgan fingerprint density at radius 2 is 1.62 bits per heavy atom. The van der Waals surface area contributed by atoms with Crippen molar-refractivity contribution in [2.75, 3.05) is 38.1 Å². The molecule has 0 spiro atoms. The van der Waals surface area contributed by atoms with Crippen molar-refractivity contribution >= 4 is 27.6 Å². The molecule has 8 nitrogen and oxygen atoms in total. The van der Waals surface area contributed by atoms with Crippen LogP contribution in [0.15, 0.2) is 77.7 Å². The molecule has 0 aromatic heterocycles. The van der Waals surface area contributed by atoms with Gasteiger partial charge in [0.1, 0.15) is 0 Å². The van der Waals surface area contributed by atoms with E-state index >= 15 is 0 Å². The minimum atomic E-state index is -3.52. The summed E-state index contributed by atoms with van der Waals surface area (Å²) in [6.07, 6.45) is 0. The third-order valence-electron chi connectivity index (χ3n) is 6.26. The highest BCUT2D eigenvalue weighted by Gasteiger charge is 2.28. The van der Waals surface area contributed by atoms with Gasteiger partial charge in [-0.2, -0.15) is 4.31 Å². The summed E-state index contributed by atoms with van der Waals surface area (Å²) in [5.74, 6) is -0.816. The van der Waals surface area contributed by atoms with Gasteiger partial charge in [-0.3, -0.25) is 9.69 Å². The van der Waals surface area contributed by atoms with Gasteiger partial charge in [0.25, 0.3) is 5.91 Å². The van der Waals surface area contributed by atoms with Gasteiger partial charge < -0.3 is 10.1 Å². The number of ether oxygens (including phenoxy) is 1. The first kappa shape index (κ1) is 26.5. The number of nitrogens with zero attached hydrogens (tertiary/aromatic N) is 2. The predicted octanol–water partition coefficient (Wildman–Crippen LogP) is 3.93. The first-order valence-corrected chi connectivity index (χ1v) is 13.7. The van der Waals surface area contributed by atoms with Crippen LogP contribution >= 0.6 is 0 Å². The summed E-state index contributed by atoms with van der Waals surface area (Å²) in [6.45, 7) is 6.49. The summed E-state index contributed by atoms with van der Waals surface area (Å²) in [5.41, 5.74) is 3.12. The van der Waals surface area contributed by atoms with E-state index in [1.54, 1.807) is 49.4 Å². The Kier molecular flexibility index (Phi) is 8.38. The van der Waals surface area contributed by atoms with Gasteiger partial charge >= 0.3 is 5.97 Å². The topological polar surface area (TPSA) is 96.0 Å². The summed E-state index contributed by atoms with van der Waals surface area (Å²) in [4.78, 5) is 27.7. The number of carbonyl (C=O) groups is 2. The second-order valence-corrected chi connectivity index (χ2v) is 10.9. The summed E-state index contributed by atoms with van der Waals surface area (Å²) in [6, 6.07) is 21.0. The lowest BCUT2D eigenvalue weighted by Crippen LogP contribution is -2.48. The number of benzene rings is 3. The molecule has 1 saturated heterocycles. The van der Waals surface area contributed by atoms with Crippen LogP contribution in [-0.4, -0.2) is 62.3 Å². The molecule has 1 heterocycles. The number of carbonyl (C=O) groups excluding carboxylic acids is 2. The lowest BCUT2D eigenvalue weighted by molar-refractivity contribution is 0.0527. The number of aryl methyl sites for hydroxylation is 1. The third kappa shape index (κ3) is 6.43. The van der Waals surface area contributed by atoms with Gasteiger partial charge in [0, 0.05) is 38.3 Å². The van der Waals surface area contributed by atoms with Crippen LogP contribution in [0.3, 0.4) is 0 Å². The molecule has 1 aliphatic heterocycles. The van der Waals surface area contributed by atoms with Crippen molar-refractivity contribution in [2.24, 2.45) is 0 Å². The number of hydrogen-bond acceptors (Lipinski definition) is 6. The molecule has 1 fully saturated rings. The molecule has 0 unspecified atom stereocenters. The molecule has 3 aromatic rings. The molecular formula is C28H31N3O5S. The highest BCUT2D eigenvalue weighted by atomic mass is 32.2. The maximum Gasteiger partial charge on any atom is 0.340 e. The Bertz CT molecular complexity index is 1360. The molecule has 0 atom stereocenters. The number of nitrogens with one attached hydrogen (secondary N) is 1. The number of para-hydroxylation sites is 1. The van der Waals surface area contributed by atoms with Crippen LogP contribution in [0.5, 0.6) is 0 Å². The lowest BCUT2D eigenvalue weighted by Gasteiger charge is -2.34. The molecule has 0 bridgehead atoms. The van der Waals surface area contributed by atoms with Gasteiger partial charge in [-0.1, -0.05) is 42.0 Å². The van der Waals surface area contributed by atoms with E-state index in [2.05, 4.69) is 10.2 Å². The van der Waals surface area contributed by atoms with E-state index < -0.39 is 16.0 Å². The summed E-state index contributed by atoms with van der Waals surface area (Å²) in [7, 11) is -3.52. The van der Waals surface area contributed by atoms with E-state index in [1.807, 2.05) is 37.3 Å². The van der Waals surface area contributed by atoms with Crippen molar-refractivity contribution in [3.63, 3.8) is 0 Å². The van der Waals surface area contributed by atoms with Crippen LogP contribution in [0.1, 0.15) is 38.8 Å². The number of esters is 1. The van der Waals surface area contributed by atoms with Crippen molar-refractivity contribution in [3.05, 3.63) is 95.1 Å². The minimum Gasteiger partial charge on any atom is -0.462 e. The third-order valence-corrected chi connectivity index (χ3v) is 8.17. The molecular weight excluding hydrogens is 490 g/mol. The van der Waals surface area contributed by atoms with Crippen LogP contribution in [0.2, 0.25) is 0 Å². The average molecular weight is 522 g/mol. The van der Waals surface area contributed by atoms with Gasteiger partial charge in [-0.15, -0.1) is 0 Å². The zero-order chi connectivity index (χ0) is 26.4. The number of sulfonamides is 1.